The largest absolute Gasteiger partial charge is 0.378 e. The number of allylic oxidation sites excluding steroid dienone is 2. The van der Waals surface area contributed by atoms with Crippen LogP contribution in [0.4, 0.5) is 0 Å². The summed E-state index contributed by atoms with van der Waals surface area (Å²) in [5.41, 5.74) is 3.06. The van der Waals surface area contributed by atoms with E-state index in [-0.39, 0.29) is 0 Å². The van der Waals surface area contributed by atoms with E-state index in [4.69, 9.17) is 4.74 Å². The maximum absolute atomic E-state index is 6.13. The number of ether oxygens (including phenoxy) is 1. The van der Waals surface area contributed by atoms with E-state index in [1.807, 2.05) is 0 Å². The fourth-order valence-corrected chi connectivity index (χ4v) is 5.07. The van der Waals surface area contributed by atoms with Gasteiger partial charge in [0.25, 0.3) is 0 Å². The number of rotatable bonds is 8. The second-order valence-electron chi connectivity index (χ2n) is 8.54. The van der Waals surface area contributed by atoms with Crippen LogP contribution < -0.4 is 0 Å². The van der Waals surface area contributed by atoms with Crippen molar-refractivity contribution in [2.75, 3.05) is 6.61 Å². The normalized spacial score (nSPS) is 29.0. The van der Waals surface area contributed by atoms with E-state index in [1.54, 1.807) is 5.56 Å². The summed E-state index contributed by atoms with van der Waals surface area (Å²) in [4.78, 5) is 0. The lowest BCUT2D eigenvalue weighted by molar-refractivity contribution is -0.0159. The zero-order valence-electron chi connectivity index (χ0n) is 17.0. The molecule has 0 aromatic heterocycles. The van der Waals surface area contributed by atoms with Crippen molar-refractivity contribution >= 4 is 0 Å². The van der Waals surface area contributed by atoms with Crippen LogP contribution in [0.5, 0.6) is 0 Å². The number of unbranched alkanes of at least 4 members (excludes halogenated alkanes) is 1. The highest BCUT2D eigenvalue weighted by molar-refractivity contribution is 5.26. The van der Waals surface area contributed by atoms with E-state index < -0.39 is 0 Å². The van der Waals surface area contributed by atoms with Crippen molar-refractivity contribution in [3.63, 3.8) is 0 Å². The number of hydrogen-bond donors (Lipinski definition) is 0. The molecular weight excluding hydrogens is 316 g/mol. The van der Waals surface area contributed by atoms with Crippen LogP contribution in [0.2, 0.25) is 0 Å². The molecule has 0 aliphatic heterocycles. The third-order valence-electron chi connectivity index (χ3n) is 6.70. The number of aryl methyl sites for hydroxylation is 1. The Kier molecular flexibility index (Phi) is 7.80. The highest BCUT2D eigenvalue weighted by Crippen LogP contribution is 2.46. The van der Waals surface area contributed by atoms with Crippen molar-refractivity contribution in [3.05, 3.63) is 47.5 Å². The first-order valence-electron chi connectivity index (χ1n) is 11.1. The Morgan fingerprint density at radius 2 is 1.77 bits per heavy atom. The average molecular weight is 355 g/mol. The van der Waals surface area contributed by atoms with Crippen LogP contribution in [0.1, 0.15) is 88.7 Å². The highest BCUT2D eigenvalue weighted by atomic mass is 16.5. The van der Waals surface area contributed by atoms with Crippen LogP contribution in [0.25, 0.3) is 0 Å². The molecule has 26 heavy (non-hydrogen) atoms. The molecule has 2 aliphatic carbocycles. The molecule has 2 saturated carbocycles. The van der Waals surface area contributed by atoms with E-state index in [2.05, 4.69) is 50.3 Å². The summed E-state index contributed by atoms with van der Waals surface area (Å²) in [5.74, 6) is 2.65. The third-order valence-corrected chi connectivity index (χ3v) is 6.70. The van der Waals surface area contributed by atoms with Gasteiger partial charge in [-0.25, -0.2) is 0 Å². The molecule has 4 unspecified atom stereocenters. The minimum atomic E-state index is 0.552. The molecule has 4 atom stereocenters. The fraction of sp³-hybridized carbons (Fsp3) is 0.680. The summed E-state index contributed by atoms with van der Waals surface area (Å²) < 4.78 is 6.13. The maximum Gasteiger partial charge on any atom is 0.0578 e. The summed E-state index contributed by atoms with van der Waals surface area (Å²) in [6.45, 7) is 5.32. The molecule has 144 valence electrons. The molecule has 0 heterocycles. The van der Waals surface area contributed by atoms with Gasteiger partial charge in [-0.2, -0.15) is 0 Å². The molecule has 1 nitrogen and oxygen atoms in total. The van der Waals surface area contributed by atoms with Gasteiger partial charge in [-0.05, 0) is 93.6 Å². The van der Waals surface area contributed by atoms with Crippen LogP contribution >= 0.6 is 0 Å². The Morgan fingerprint density at radius 3 is 2.54 bits per heavy atom. The van der Waals surface area contributed by atoms with Crippen LogP contribution in [-0.4, -0.2) is 12.7 Å². The lowest BCUT2D eigenvalue weighted by Gasteiger charge is -2.42. The molecule has 0 bridgehead atoms. The Labute approximate surface area is 161 Å². The van der Waals surface area contributed by atoms with Gasteiger partial charge in [0.2, 0.25) is 0 Å². The second-order valence-corrected chi connectivity index (χ2v) is 8.54. The van der Waals surface area contributed by atoms with Gasteiger partial charge in [-0.15, -0.1) is 0 Å². The molecule has 0 N–H and O–H groups in total. The molecule has 2 aliphatic rings. The van der Waals surface area contributed by atoms with Crippen molar-refractivity contribution in [1.82, 2.24) is 0 Å². The van der Waals surface area contributed by atoms with Crippen molar-refractivity contribution in [1.29, 1.82) is 0 Å². The van der Waals surface area contributed by atoms with Gasteiger partial charge >= 0.3 is 0 Å². The summed E-state index contributed by atoms with van der Waals surface area (Å²) in [5, 5.41) is 0. The van der Waals surface area contributed by atoms with Gasteiger partial charge < -0.3 is 4.74 Å². The van der Waals surface area contributed by atoms with E-state index in [0.29, 0.717) is 6.10 Å². The van der Waals surface area contributed by atoms with E-state index in [1.165, 1.54) is 63.4 Å². The Bertz CT molecular complexity index is 544. The summed E-state index contributed by atoms with van der Waals surface area (Å²) in [7, 11) is 0. The maximum atomic E-state index is 6.13. The SMILES string of the molecule is C/C=C/CCc1ccc(C2CCC3CC(OCCCC)CCC3C2)cc1. The standard InChI is InChI=1S/C25H38O/c1-3-5-7-8-20-9-11-21(12-10-20)22-13-14-24-19-25(26-17-6-4-2)16-15-23(24)18-22/h3,5,9-12,22-25H,4,6-8,13-19H2,1-2H3/b5-3+. The summed E-state index contributed by atoms with van der Waals surface area (Å²) in [6, 6.07) is 9.55. The third kappa shape index (κ3) is 5.46. The first-order chi connectivity index (χ1) is 12.8. The van der Waals surface area contributed by atoms with E-state index in [9.17, 15) is 0 Å². The van der Waals surface area contributed by atoms with Gasteiger partial charge in [0.15, 0.2) is 0 Å². The topological polar surface area (TPSA) is 9.23 Å². The van der Waals surface area contributed by atoms with Gasteiger partial charge in [0.05, 0.1) is 6.10 Å². The zero-order chi connectivity index (χ0) is 18.2. The molecule has 1 aromatic carbocycles. The minimum Gasteiger partial charge on any atom is -0.378 e. The smallest absolute Gasteiger partial charge is 0.0578 e. The Morgan fingerprint density at radius 1 is 1.00 bits per heavy atom. The molecule has 3 rings (SSSR count). The summed E-state index contributed by atoms with van der Waals surface area (Å²) >= 11 is 0. The quantitative estimate of drug-likeness (QED) is 0.358. The van der Waals surface area contributed by atoms with Gasteiger partial charge in [-0.3, -0.25) is 0 Å². The lowest BCUT2D eigenvalue weighted by atomic mass is 9.65. The summed E-state index contributed by atoms with van der Waals surface area (Å²) in [6.07, 6.45) is 17.9. The second kappa shape index (κ2) is 10.3. The minimum absolute atomic E-state index is 0.552. The number of hydrogen-bond acceptors (Lipinski definition) is 1. The van der Waals surface area contributed by atoms with Gasteiger partial charge in [-0.1, -0.05) is 49.8 Å². The molecule has 0 amide bonds. The van der Waals surface area contributed by atoms with E-state index in [0.717, 1.165) is 30.8 Å². The molecule has 0 saturated heterocycles. The molecule has 2 fully saturated rings. The first kappa shape index (κ1) is 19.7. The fourth-order valence-electron chi connectivity index (χ4n) is 5.07. The number of benzene rings is 1. The lowest BCUT2D eigenvalue weighted by Crippen LogP contribution is -2.33. The van der Waals surface area contributed by atoms with E-state index >= 15 is 0 Å². The molecule has 0 spiro atoms. The predicted molar refractivity (Wildman–Crippen MR) is 112 cm³/mol. The van der Waals surface area contributed by atoms with Gasteiger partial charge in [0.1, 0.15) is 0 Å². The Hall–Kier alpha value is -1.08. The molecule has 0 radical (unpaired) electrons. The average Bonchev–Trinajstić information content (AvgIpc) is 2.68. The van der Waals surface area contributed by atoms with Crippen molar-refractivity contribution in [3.8, 4) is 0 Å². The Balaban J connectivity index is 1.48. The van der Waals surface area contributed by atoms with Gasteiger partial charge in [0, 0.05) is 6.61 Å². The highest BCUT2D eigenvalue weighted by Gasteiger charge is 2.36. The van der Waals surface area contributed by atoms with Crippen LogP contribution in [0.15, 0.2) is 36.4 Å². The van der Waals surface area contributed by atoms with Crippen LogP contribution in [-0.2, 0) is 11.2 Å². The van der Waals surface area contributed by atoms with Crippen LogP contribution in [0, 0.1) is 11.8 Å². The predicted octanol–water partition coefficient (Wildman–Crippen LogP) is 7.06. The zero-order valence-corrected chi connectivity index (χ0v) is 17.0. The monoisotopic (exact) mass is 354 g/mol. The molecular formula is C25H38O. The van der Waals surface area contributed by atoms with Crippen molar-refractivity contribution in [2.45, 2.75) is 90.1 Å². The number of fused-ring (bicyclic) bond motifs is 1. The van der Waals surface area contributed by atoms with Crippen molar-refractivity contribution < 1.29 is 4.74 Å². The first-order valence-corrected chi connectivity index (χ1v) is 11.1. The van der Waals surface area contributed by atoms with Crippen molar-refractivity contribution in [2.24, 2.45) is 11.8 Å². The molecule has 1 heteroatoms. The van der Waals surface area contributed by atoms with Crippen LogP contribution in [0.3, 0.4) is 0 Å². The molecule has 1 aromatic rings.